The quantitative estimate of drug-likeness (QED) is 0.834. The Morgan fingerprint density at radius 3 is 2.59 bits per heavy atom. The Morgan fingerprint density at radius 2 is 1.82 bits per heavy atom. The fourth-order valence-electron chi connectivity index (χ4n) is 3.79. The molecular formula is C17H17NO4. The van der Waals surface area contributed by atoms with Crippen LogP contribution in [0.2, 0.25) is 0 Å². The van der Waals surface area contributed by atoms with Crippen molar-refractivity contribution in [2.75, 3.05) is 5.32 Å². The number of amides is 1. The van der Waals surface area contributed by atoms with Crippen LogP contribution in [-0.2, 0) is 27.2 Å². The van der Waals surface area contributed by atoms with E-state index in [1.165, 1.54) is 11.1 Å². The summed E-state index contributed by atoms with van der Waals surface area (Å²) in [6.07, 6.45) is 5.89. The van der Waals surface area contributed by atoms with Gasteiger partial charge in [0.2, 0.25) is 5.91 Å². The Balaban J connectivity index is 1.55. The molecule has 2 aliphatic heterocycles. The molecule has 0 aromatic heterocycles. The maximum atomic E-state index is 12.5. The zero-order valence-corrected chi connectivity index (χ0v) is 12.0. The number of nitrogens with one attached hydrogen (secondary N) is 1. The monoisotopic (exact) mass is 299 g/mol. The number of benzene rings is 1. The van der Waals surface area contributed by atoms with E-state index in [4.69, 9.17) is 4.74 Å². The van der Waals surface area contributed by atoms with Crippen LogP contribution in [0.25, 0.3) is 0 Å². The predicted molar refractivity (Wildman–Crippen MR) is 79.5 cm³/mol. The van der Waals surface area contributed by atoms with E-state index < -0.39 is 30.0 Å². The van der Waals surface area contributed by atoms with E-state index >= 15 is 0 Å². The molecule has 1 aromatic carbocycles. The number of aryl methyl sites for hydroxylation is 2. The Bertz CT molecular complexity index is 681. The molecule has 4 atom stereocenters. The zero-order chi connectivity index (χ0) is 15.3. The van der Waals surface area contributed by atoms with Gasteiger partial charge in [0, 0.05) is 5.69 Å². The number of rotatable bonds is 3. The number of fused-ring (bicyclic) bond motifs is 3. The molecule has 2 bridgehead atoms. The molecule has 22 heavy (non-hydrogen) atoms. The summed E-state index contributed by atoms with van der Waals surface area (Å²) in [4.78, 5) is 23.9. The van der Waals surface area contributed by atoms with Crippen LogP contribution in [0, 0.1) is 11.8 Å². The zero-order valence-electron chi connectivity index (χ0n) is 12.0. The van der Waals surface area contributed by atoms with E-state index in [0.717, 1.165) is 24.9 Å². The average Bonchev–Trinajstić information content (AvgIpc) is 3.20. The molecule has 3 aliphatic rings. The Kier molecular flexibility index (Phi) is 3.04. The van der Waals surface area contributed by atoms with Crippen molar-refractivity contribution in [2.45, 2.75) is 31.5 Å². The van der Waals surface area contributed by atoms with Gasteiger partial charge in [0.15, 0.2) is 0 Å². The molecule has 1 aliphatic carbocycles. The van der Waals surface area contributed by atoms with Gasteiger partial charge in [-0.15, -0.1) is 0 Å². The lowest BCUT2D eigenvalue weighted by Gasteiger charge is -2.21. The van der Waals surface area contributed by atoms with Gasteiger partial charge >= 0.3 is 5.97 Å². The summed E-state index contributed by atoms with van der Waals surface area (Å²) in [5, 5.41) is 12.2. The number of aliphatic carboxylic acids is 1. The Labute approximate surface area is 128 Å². The Morgan fingerprint density at radius 1 is 1.09 bits per heavy atom. The molecular weight excluding hydrogens is 282 g/mol. The number of hydrogen-bond acceptors (Lipinski definition) is 3. The van der Waals surface area contributed by atoms with Crippen LogP contribution in [-0.4, -0.2) is 29.2 Å². The fourth-order valence-corrected chi connectivity index (χ4v) is 3.79. The van der Waals surface area contributed by atoms with Crippen molar-refractivity contribution >= 4 is 17.6 Å². The first-order valence-electron chi connectivity index (χ1n) is 7.63. The summed E-state index contributed by atoms with van der Waals surface area (Å²) in [7, 11) is 0. The summed E-state index contributed by atoms with van der Waals surface area (Å²) in [6.45, 7) is 0. The van der Waals surface area contributed by atoms with Crippen LogP contribution in [0.15, 0.2) is 30.4 Å². The van der Waals surface area contributed by atoms with Gasteiger partial charge in [-0.2, -0.15) is 0 Å². The van der Waals surface area contributed by atoms with Crippen LogP contribution < -0.4 is 5.32 Å². The molecule has 0 unspecified atom stereocenters. The second-order valence-electron chi connectivity index (χ2n) is 6.17. The highest BCUT2D eigenvalue weighted by Gasteiger charge is 2.53. The normalized spacial score (nSPS) is 31.3. The molecule has 0 spiro atoms. The summed E-state index contributed by atoms with van der Waals surface area (Å²) in [6, 6.07) is 5.94. The summed E-state index contributed by atoms with van der Waals surface area (Å²) < 4.78 is 5.54. The lowest BCUT2D eigenvalue weighted by molar-refractivity contribution is -0.145. The molecule has 4 rings (SSSR count). The predicted octanol–water partition coefficient (Wildman–Crippen LogP) is 1.77. The van der Waals surface area contributed by atoms with Gasteiger partial charge in [-0.3, -0.25) is 9.59 Å². The minimum absolute atomic E-state index is 0.276. The van der Waals surface area contributed by atoms with Gasteiger partial charge in [0.1, 0.15) is 5.92 Å². The first-order chi connectivity index (χ1) is 10.6. The minimum Gasteiger partial charge on any atom is -0.481 e. The molecule has 5 nitrogen and oxygen atoms in total. The van der Waals surface area contributed by atoms with Gasteiger partial charge in [0.25, 0.3) is 0 Å². The maximum Gasteiger partial charge on any atom is 0.310 e. The van der Waals surface area contributed by atoms with Gasteiger partial charge < -0.3 is 15.2 Å². The molecule has 0 saturated carbocycles. The van der Waals surface area contributed by atoms with Gasteiger partial charge in [-0.05, 0) is 42.5 Å². The van der Waals surface area contributed by atoms with Crippen LogP contribution in [0.4, 0.5) is 5.69 Å². The van der Waals surface area contributed by atoms with Crippen molar-refractivity contribution in [1.82, 2.24) is 0 Å². The molecule has 1 aromatic rings. The number of hydrogen-bond donors (Lipinski definition) is 2. The van der Waals surface area contributed by atoms with Crippen molar-refractivity contribution in [3.8, 4) is 0 Å². The van der Waals surface area contributed by atoms with E-state index in [2.05, 4.69) is 5.32 Å². The van der Waals surface area contributed by atoms with E-state index in [0.29, 0.717) is 0 Å². The number of anilines is 1. The summed E-state index contributed by atoms with van der Waals surface area (Å²) in [5.41, 5.74) is 3.35. The largest absolute Gasteiger partial charge is 0.481 e. The van der Waals surface area contributed by atoms with E-state index in [9.17, 15) is 14.7 Å². The molecule has 0 radical (unpaired) electrons. The second kappa shape index (κ2) is 4.95. The number of carbonyl (C=O) groups is 2. The number of carbonyl (C=O) groups excluding carboxylic acids is 1. The molecule has 2 heterocycles. The Hall–Kier alpha value is -2.14. The lowest BCUT2D eigenvalue weighted by Crippen LogP contribution is -2.39. The van der Waals surface area contributed by atoms with Crippen LogP contribution >= 0.6 is 0 Å². The third kappa shape index (κ3) is 2.04. The maximum absolute atomic E-state index is 12.5. The molecule has 1 saturated heterocycles. The van der Waals surface area contributed by atoms with Crippen molar-refractivity contribution in [3.63, 3.8) is 0 Å². The smallest absolute Gasteiger partial charge is 0.310 e. The van der Waals surface area contributed by atoms with E-state index in [-0.39, 0.29) is 5.91 Å². The van der Waals surface area contributed by atoms with Crippen molar-refractivity contribution in [3.05, 3.63) is 41.5 Å². The highest BCUT2D eigenvalue weighted by molar-refractivity contribution is 5.96. The average molecular weight is 299 g/mol. The highest BCUT2D eigenvalue weighted by atomic mass is 16.5. The van der Waals surface area contributed by atoms with Crippen LogP contribution in [0.5, 0.6) is 0 Å². The molecule has 1 amide bonds. The fraction of sp³-hybridized carbons (Fsp3) is 0.412. The summed E-state index contributed by atoms with van der Waals surface area (Å²) >= 11 is 0. The van der Waals surface area contributed by atoms with E-state index in [1.54, 1.807) is 12.2 Å². The summed E-state index contributed by atoms with van der Waals surface area (Å²) in [5.74, 6) is -2.72. The first-order valence-corrected chi connectivity index (χ1v) is 7.63. The molecule has 5 heteroatoms. The van der Waals surface area contributed by atoms with Gasteiger partial charge in [0.05, 0.1) is 18.1 Å². The minimum atomic E-state index is -0.981. The number of carboxylic acid groups (broad SMARTS) is 1. The van der Waals surface area contributed by atoms with Crippen molar-refractivity contribution in [1.29, 1.82) is 0 Å². The van der Waals surface area contributed by atoms with Crippen LogP contribution in [0.3, 0.4) is 0 Å². The molecule has 1 fully saturated rings. The van der Waals surface area contributed by atoms with Crippen molar-refractivity contribution in [2.24, 2.45) is 11.8 Å². The van der Waals surface area contributed by atoms with Gasteiger partial charge in [-0.1, -0.05) is 18.2 Å². The van der Waals surface area contributed by atoms with Crippen LogP contribution in [0.1, 0.15) is 17.5 Å². The third-order valence-corrected chi connectivity index (χ3v) is 4.85. The molecule has 114 valence electrons. The highest BCUT2D eigenvalue weighted by Crippen LogP contribution is 2.40. The lowest BCUT2D eigenvalue weighted by atomic mass is 9.82. The number of carboxylic acids is 1. The molecule has 2 N–H and O–H groups in total. The topological polar surface area (TPSA) is 75.6 Å². The number of ether oxygens (including phenoxy) is 1. The SMILES string of the molecule is O=C(O)[C@@H]1[C@@H](C(=O)Nc2ccc3c(c2)CCC3)[C@H]2C=C[C@H]1O2. The standard InChI is InChI=1S/C17H17NO4/c19-16(14-12-6-7-13(22-12)15(14)17(20)21)18-11-5-4-9-2-1-3-10(9)8-11/h4-8,12-15H,1-3H2,(H,18,19)(H,20,21)/t12-,13-,14+,15+/m1/s1. The second-order valence-corrected chi connectivity index (χ2v) is 6.17. The van der Waals surface area contributed by atoms with Crippen molar-refractivity contribution < 1.29 is 19.4 Å². The van der Waals surface area contributed by atoms with Gasteiger partial charge in [-0.25, -0.2) is 0 Å². The first kappa shape index (κ1) is 13.5. The van der Waals surface area contributed by atoms with E-state index in [1.807, 2.05) is 18.2 Å². The third-order valence-electron chi connectivity index (χ3n) is 4.85.